The first-order chi connectivity index (χ1) is 17.0. The molecule has 0 radical (unpaired) electrons. The molecule has 9 nitrogen and oxygen atoms in total. The second-order valence-electron chi connectivity index (χ2n) is 9.22. The lowest BCUT2D eigenvalue weighted by atomic mass is 9.59. The van der Waals surface area contributed by atoms with Gasteiger partial charge in [-0.2, -0.15) is 4.90 Å². The number of ether oxygens (including phenoxy) is 1. The third kappa shape index (κ3) is 3.28. The number of fused-ring (bicyclic) bond motifs is 3. The number of benzene rings is 1. The molecule has 0 aromatic heterocycles. The average Bonchev–Trinajstić information content (AvgIpc) is 3.10. The Morgan fingerprint density at radius 2 is 1.83 bits per heavy atom. The lowest BCUT2D eigenvalue weighted by molar-refractivity contribution is -0.136. The van der Waals surface area contributed by atoms with E-state index in [1.165, 1.54) is 13.2 Å². The van der Waals surface area contributed by atoms with E-state index in [0.29, 0.717) is 25.0 Å². The number of phenols is 1. The number of hydrogen-bond acceptors (Lipinski definition) is 7. The second-order valence-corrected chi connectivity index (χ2v) is 10.8. The van der Waals surface area contributed by atoms with Crippen molar-refractivity contribution < 1.29 is 33.8 Å². The first-order valence-corrected chi connectivity index (χ1v) is 12.7. The number of allylic oxidation sites excluding steroid dienone is 6. The molecule has 11 heteroatoms. The molecule has 4 aliphatic rings. The van der Waals surface area contributed by atoms with Crippen LogP contribution in [-0.4, -0.2) is 46.5 Å². The van der Waals surface area contributed by atoms with Crippen LogP contribution in [0.5, 0.6) is 11.5 Å². The van der Waals surface area contributed by atoms with Gasteiger partial charge in [-0.1, -0.05) is 11.6 Å². The van der Waals surface area contributed by atoms with Crippen LogP contribution in [0.3, 0.4) is 0 Å². The van der Waals surface area contributed by atoms with Crippen LogP contribution in [0, 0.1) is 17.8 Å². The predicted molar refractivity (Wildman–Crippen MR) is 133 cm³/mol. The summed E-state index contributed by atoms with van der Waals surface area (Å²) in [6.07, 6.45) is 3.38. The van der Waals surface area contributed by atoms with Crippen LogP contribution in [0.25, 0.3) is 0 Å². The number of aromatic hydroxyl groups is 1. The summed E-state index contributed by atoms with van der Waals surface area (Å²) < 4.78 is 6.07. The van der Waals surface area contributed by atoms with Crippen molar-refractivity contribution in [1.29, 1.82) is 0 Å². The Bertz CT molecular complexity index is 1410. The van der Waals surface area contributed by atoms with Crippen LogP contribution in [0.15, 0.2) is 49.5 Å². The van der Waals surface area contributed by atoms with E-state index in [1.54, 1.807) is 13.0 Å². The minimum atomic E-state index is -1.13. The number of Topliss-reactive ketones (excluding diaryl/α,β-unsaturated/α-hetero) is 1. The number of imide groups is 3. The molecule has 1 fully saturated rings. The van der Waals surface area contributed by atoms with Crippen molar-refractivity contribution in [2.24, 2.45) is 23.5 Å². The quantitative estimate of drug-likeness (QED) is 0.293. The maximum absolute atomic E-state index is 13.3. The van der Waals surface area contributed by atoms with Crippen molar-refractivity contribution >= 4 is 61.3 Å². The van der Waals surface area contributed by atoms with E-state index >= 15 is 0 Å². The fraction of sp³-hybridized carbons (Fsp3) is 0.320. The van der Waals surface area contributed by atoms with E-state index in [9.17, 15) is 29.1 Å². The minimum Gasteiger partial charge on any atom is -0.503 e. The van der Waals surface area contributed by atoms with Crippen molar-refractivity contribution in [2.45, 2.75) is 25.7 Å². The summed E-state index contributed by atoms with van der Waals surface area (Å²) in [5.74, 6) is -5.02. The van der Waals surface area contributed by atoms with E-state index in [0.717, 1.165) is 0 Å². The van der Waals surface area contributed by atoms with Gasteiger partial charge in [0.2, 0.25) is 11.8 Å². The van der Waals surface area contributed by atoms with Crippen molar-refractivity contribution in [3.8, 4) is 11.5 Å². The maximum Gasteiger partial charge on any atom is 0.328 e. The standard InChI is InChI=1S/C25H20Br2N2O7/c1-8-5-14(30)18-13(21(8)31)6-11-9(3-4-10-17(11)24(34)29(23(10)33)25(28)35)16(18)12-7-15(36-2)22(32)20(27)19(12)26/h3,5,7,10-11,16-17,32H,4,6H2,1-2H3,(H2,28,35)/t10-,11+,16+,17-/m0/s1. The zero-order chi connectivity index (χ0) is 26.2. The first-order valence-electron chi connectivity index (χ1n) is 11.1. The number of nitrogens with zero attached hydrogens (tertiary/aromatic N) is 1. The number of halogens is 2. The number of rotatable bonds is 2. The van der Waals surface area contributed by atoms with E-state index in [1.807, 2.05) is 6.08 Å². The van der Waals surface area contributed by atoms with Gasteiger partial charge < -0.3 is 15.6 Å². The van der Waals surface area contributed by atoms with Gasteiger partial charge in [0.25, 0.3) is 0 Å². The lowest BCUT2D eigenvalue weighted by Gasteiger charge is -2.42. The SMILES string of the molecule is COc1cc([C@H]2C3=CC[C@@H]4C(=O)N(C(N)=O)C(=O)[C@@H]4[C@@H]3CC3=C2C(=O)C=C(C)C3=O)c(Br)c(Br)c1O. The molecule has 0 spiro atoms. The molecule has 36 heavy (non-hydrogen) atoms. The van der Waals surface area contributed by atoms with Crippen LogP contribution in [0.2, 0.25) is 0 Å². The molecule has 1 heterocycles. The molecular formula is C25H20Br2N2O7. The van der Waals surface area contributed by atoms with Gasteiger partial charge in [-0.25, -0.2) is 4.79 Å². The Balaban J connectivity index is 1.76. The number of likely N-dealkylation sites (tertiary alicyclic amines) is 1. The summed E-state index contributed by atoms with van der Waals surface area (Å²) in [7, 11) is 1.39. The number of hydrogen-bond donors (Lipinski definition) is 2. The van der Waals surface area contributed by atoms with E-state index < -0.39 is 41.5 Å². The van der Waals surface area contributed by atoms with Gasteiger partial charge in [0.15, 0.2) is 23.1 Å². The summed E-state index contributed by atoms with van der Waals surface area (Å²) in [5.41, 5.74) is 7.41. The molecule has 1 aliphatic heterocycles. The number of phenolic OH excluding ortho intramolecular Hbond substituents is 1. The summed E-state index contributed by atoms with van der Waals surface area (Å²) in [6.45, 7) is 1.56. The Morgan fingerprint density at radius 3 is 2.47 bits per heavy atom. The summed E-state index contributed by atoms with van der Waals surface area (Å²) in [5, 5.41) is 10.5. The monoisotopic (exact) mass is 618 g/mol. The third-order valence-electron chi connectivity index (χ3n) is 7.49. The number of primary amides is 1. The highest BCUT2D eigenvalue weighted by atomic mass is 79.9. The first kappa shape index (κ1) is 24.6. The van der Waals surface area contributed by atoms with Crippen molar-refractivity contribution in [3.63, 3.8) is 0 Å². The molecule has 1 aromatic carbocycles. The summed E-state index contributed by atoms with van der Waals surface area (Å²) >= 11 is 6.86. The van der Waals surface area contributed by atoms with E-state index in [2.05, 4.69) is 31.9 Å². The lowest BCUT2D eigenvalue weighted by Crippen LogP contribution is -2.42. The third-order valence-corrected chi connectivity index (χ3v) is 9.65. The van der Waals surface area contributed by atoms with Gasteiger partial charge >= 0.3 is 6.03 Å². The smallest absolute Gasteiger partial charge is 0.328 e. The van der Waals surface area contributed by atoms with Gasteiger partial charge in [-0.15, -0.1) is 0 Å². The van der Waals surface area contributed by atoms with Gasteiger partial charge in [-0.3, -0.25) is 19.2 Å². The molecular weight excluding hydrogens is 600 g/mol. The minimum absolute atomic E-state index is 0.0776. The highest BCUT2D eigenvalue weighted by Gasteiger charge is 2.57. The topological polar surface area (TPSA) is 144 Å². The molecule has 0 bridgehead atoms. The number of amides is 4. The molecule has 4 amide bonds. The van der Waals surface area contributed by atoms with Crippen molar-refractivity contribution in [3.05, 3.63) is 55.0 Å². The maximum atomic E-state index is 13.3. The van der Waals surface area contributed by atoms with Crippen LogP contribution < -0.4 is 10.5 Å². The Kier molecular flexibility index (Phi) is 5.83. The Labute approximate surface area is 222 Å². The highest BCUT2D eigenvalue weighted by Crippen LogP contribution is 2.57. The second kappa shape index (κ2) is 8.52. The highest BCUT2D eigenvalue weighted by molar-refractivity contribution is 9.13. The molecule has 186 valence electrons. The van der Waals surface area contributed by atoms with E-state index in [-0.39, 0.29) is 52.6 Å². The fourth-order valence-electron chi connectivity index (χ4n) is 5.93. The summed E-state index contributed by atoms with van der Waals surface area (Å²) in [6, 6.07) is 0.445. The molecule has 1 aromatic rings. The average molecular weight is 620 g/mol. The van der Waals surface area contributed by atoms with E-state index in [4.69, 9.17) is 10.5 Å². The van der Waals surface area contributed by atoms with Crippen LogP contribution in [-0.2, 0) is 19.2 Å². The fourth-order valence-corrected chi connectivity index (χ4v) is 6.89. The molecule has 4 atom stereocenters. The van der Waals surface area contributed by atoms with Crippen molar-refractivity contribution in [2.75, 3.05) is 7.11 Å². The van der Waals surface area contributed by atoms with Gasteiger partial charge in [0.1, 0.15) is 0 Å². The Hall–Kier alpha value is -3.05. The van der Waals surface area contributed by atoms with Crippen LogP contribution >= 0.6 is 31.9 Å². The number of ketones is 2. The number of carbonyl (C=O) groups excluding carboxylic acids is 5. The molecule has 1 saturated heterocycles. The largest absolute Gasteiger partial charge is 0.503 e. The number of nitrogens with two attached hydrogens (primary N) is 1. The molecule has 0 unspecified atom stereocenters. The number of methoxy groups -OCH3 is 1. The molecule has 0 saturated carbocycles. The predicted octanol–water partition coefficient (Wildman–Crippen LogP) is 3.43. The van der Waals surface area contributed by atoms with Gasteiger partial charge in [0, 0.05) is 27.1 Å². The van der Waals surface area contributed by atoms with Crippen molar-refractivity contribution in [1.82, 2.24) is 4.90 Å². The zero-order valence-electron chi connectivity index (χ0n) is 19.1. The molecule has 3 aliphatic carbocycles. The molecule has 5 rings (SSSR count). The number of urea groups is 1. The van der Waals surface area contributed by atoms with Gasteiger partial charge in [0.05, 0.1) is 23.4 Å². The normalized spacial score (nSPS) is 27.4. The van der Waals surface area contributed by atoms with Crippen LogP contribution in [0.1, 0.15) is 31.2 Å². The summed E-state index contributed by atoms with van der Waals surface area (Å²) in [4.78, 5) is 65.1. The zero-order valence-corrected chi connectivity index (χ0v) is 22.3. The Morgan fingerprint density at radius 1 is 1.14 bits per heavy atom. The molecule has 3 N–H and O–H groups in total. The van der Waals surface area contributed by atoms with Crippen LogP contribution in [0.4, 0.5) is 4.79 Å². The van der Waals surface area contributed by atoms with Gasteiger partial charge in [-0.05, 0) is 75.2 Å². The number of carbonyl (C=O) groups is 5.